The second kappa shape index (κ2) is 79.9. The molecule has 17 nitrogen and oxygen atoms in total. The number of unbranched alkanes of at least 4 members (excludes halogenated alkanes) is 56. The highest BCUT2D eigenvalue weighted by Crippen LogP contribution is 2.45. The summed E-state index contributed by atoms with van der Waals surface area (Å²) >= 11 is 0. The van der Waals surface area contributed by atoms with Gasteiger partial charge in [-0.2, -0.15) is 0 Å². The first-order valence-corrected chi connectivity index (χ1v) is 49.3. The quantitative estimate of drug-likeness (QED) is 0.0222. The SMILES string of the molecule is CCCCCCCCCCCCCCCCCCCCCCCCC(=O)O[C@H](COC(=O)CCCCCCCCCCCCCCCCCC(C)C)COP(=O)(O)OC[C@@H](O)COP(=O)(O)OC[C@@H](COC(=O)CCCCCCCCCCCC(C)C)OC(=O)CCCCCCCCCCCCCCCCC(C)C. The maximum absolute atomic E-state index is 13.2. The topological polar surface area (TPSA) is 237 Å². The van der Waals surface area contributed by atoms with Gasteiger partial charge in [-0.15, -0.1) is 0 Å². The summed E-state index contributed by atoms with van der Waals surface area (Å²) in [7, 11) is -9.94. The highest BCUT2D eigenvalue weighted by Gasteiger charge is 2.31. The van der Waals surface area contributed by atoms with Gasteiger partial charge in [0.1, 0.15) is 19.3 Å². The van der Waals surface area contributed by atoms with E-state index in [0.29, 0.717) is 25.7 Å². The smallest absolute Gasteiger partial charge is 0.462 e. The zero-order chi connectivity index (χ0) is 80.0. The first-order chi connectivity index (χ1) is 52.7. The summed E-state index contributed by atoms with van der Waals surface area (Å²) in [5.41, 5.74) is 0. The highest BCUT2D eigenvalue weighted by molar-refractivity contribution is 7.47. The Hall–Kier alpha value is -1.94. The van der Waals surface area contributed by atoms with Gasteiger partial charge in [0.15, 0.2) is 12.2 Å². The molecule has 0 bridgehead atoms. The summed E-state index contributed by atoms with van der Waals surface area (Å²) in [6, 6.07) is 0. The number of ether oxygens (including phenoxy) is 4. The van der Waals surface area contributed by atoms with Crippen molar-refractivity contribution in [3.63, 3.8) is 0 Å². The molecular formula is C90H176O17P2. The number of esters is 4. The van der Waals surface area contributed by atoms with Crippen LogP contribution in [0.4, 0.5) is 0 Å². The Labute approximate surface area is 670 Å². The lowest BCUT2D eigenvalue weighted by atomic mass is 10.0. The van der Waals surface area contributed by atoms with E-state index in [-0.39, 0.29) is 25.7 Å². The van der Waals surface area contributed by atoms with Gasteiger partial charge < -0.3 is 33.8 Å². The number of rotatable bonds is 88. The Morgan fingerprint density at radius 1 is 0.248 bits per heavy atom. The molecule has 0 aliphatic carbocycles. The van der Waals surface area contributed by atoms with E-state index in [1.54, 1.807) is 0 Å². The van der Waals surface area contributed by atoms with Gasteiger partial charge in [-0.3, -0.25) is 37.3 Å². The first-order valence-electron chi connectivity index (χ1n) is 46.3. The van der Waals surface area contributed by atoms with E-state index < -0.39 is 97.5 Å². The van der Waals surface area contributed by atoms with E-state index in [1.165, 1.54) is 289 Å². The van der Waals surface area contributed by atoms with Crippen LogP contribution in [0.15, 0.2) is 0 Å². The predicted molar refractivity (Wildman–Crippen MR) is 451 cm³/mol. The third-order valence-corrected chi connectivity index (χ3v) is 23.0. The number of hydrogen-bond acceptors (Lipinski definition) is 15. The number of aliphatic hydroxyl groups excluding tert-OH is 1. The molecule has 0 aliphatic heterocycles. The van der Waals surface area contributed by atoms with Crippen molar-refractivity contribution in [1.29, 1.82) is 0 Å². The Bertz CT molecular complexity index is 2100. The second-order valence-corrected chi connectivity index (χ2v) is 36.7. The molecule has 0 aromatic rings. The average molecular weight is 1590 g/mol. The van der Waals surface area contributed by atoms with Gasteiger partial charge in [-0.05, 0) is 43.4 Å². The van der Waals surface area contributed by atoms with Crippen LogP contribution in [0.2, 0.25) is 0 Å². The Morgan fingerprint density at radius 2 is 0.422 bits per heavy atom. The van der Waals surface area contributed by atoms with E-state index in [1.807, 2.05) is 0 Å². The molecule has 3 N–H and O–H groups in total. The number of phosphoric ester groups is 2. The van der Waals surface area contributed by atoms with E-state index in [2.05, 4.69) is 48.5 Å². The van der Waals surface area contributed by atoms with Crippen LogP contribution in [-0.4, -0.2) is 96.7 Å². The molecule has 109 heavy (non-hydrogen) atoms. The van der Waals surface area contributed by atoms with Gasteiger partial charge in [-0.1, -0.05) is 427 Å². The summed E-state index contributed by atoms with van der Waals surface area (Å²) in [5.74, 6) is 0.245. The molecule has 0 aromatic carbocycles. The lowest BCUT2D eigenvalue weighted by Crippen LogP contribution is -2.30. The van der Waals surface area contributed by atoms with Crippen LogP contribution in [0.5, 0.6) is 0 Å². The molecule has 5 atom stereocenters. The van der Waals surface area contributed by atoms with Gasteiger partial charge >= 0.3 is 39.5 Å². The van der Waals surface area contributed by atoms with Crippen molar-refractivity contribution < 1.29 is 80.2 Å². The lowest BCUT2D eigenvalue weighted by molar-refractivity contribution is -0.161. The van der Waals surface area contributed by atoms with E-state index >= 15 is 0 Å². The molecule has 648 valence electrons. The summed E-state index contributed by atoms with van der Waals surface area (Å²) < 4.78 is 69.0. The van der Waals surface area contributed by atoms with Crippen LogP contribution < -0.4 is 0 Å². The second-order valence-electron chi connectivity index (χ2n) is 33.8. The number of carbonyl (C=O) groups is 4. The summed E-state index contributed by atoms with van der Waals surface area (Å²) in [6.45, 7) is 12.0. The van der Waals surface area contributed by atoms with Crippen molar-refractivity contribution >= 4 is 39.5 Å². The minimum atomic E-state index is -4.97. The third kappa shape index (κ3) is 83.8. The number of aliphatic hydroxyl groups is 1. The number of carbonyl (C=O) groups excluding carboxylic acids is 4. The minimum absolute atomic E-state index is 0.107. The molecule has 0 rings (SSSR count). The van der Waals surface area contributed by atoms with E-state index in [4.69, 9.17) is 37.0 Å². The predicted octanol–water partition coefficient (Wildman–Crippen LogP) is 27.6. The van der Waals surface area contributed by atoms with E-state index in [9.17, 15) is 43.2 Å². The van der Waals surface area contributed by atoms with Crippen molar-refractivity contribution in [3.8, 4) is 0 Å². The molecule has 0 saturated heterocycles. The Kier molecular flexibility index (Phi) is 78.5. The largest absolute Gasteiger partial charge is 0.472 e. The van der Waals surface area contributed by atoms with Crippen molar-refractivity contribution in [2.75, 3.05) is 39.6 Å². The Morgan fingerprint density at radius 3 is 0.624 bits per heavy atom. The summed E-state index contributed by atoms with van der Waals surface area (Å²) in [5, 5.41) is 10.7. The molecule has 19 heteroatoms. The van der Waals surface area contributed by atoms with Crippen LogP contribution >= 0.6 is 15.6 Å². The average Bonchev–Trinajstić information content (AvgIpc) is 0.900. The highest BCUT2D eigenvalue weighted by atomic mass is 31.2. The molecule has 0 fully saturated rings. The first kappa shape index (κ1) is 107. The van der Waals surface area contributed by atoms with Gasteiger partial charge in [0, 0.05) is 25.7 Å². The van der Waals surface area contributed by atoms with Crippen molar-refractivity contribution in [2.45, 2.75) is 497 Å². The normalized spacial score (nSPS) is 13.8. The van der Waals surface area contributed by atoms with Crippen molar-refractivity contribution in [2.24, 2.45) is 17.8 Å². The maximum Gasteiger partial charge on any atom is 0.472 e. The van der Waals surface area contributed by atoms with E-state index in [0.717, 1.165) is 108 Å². The number of hydrogen-bond donors (Lipinski definition) is 3. The van der Waals surface area contributed by atoms with Gasteiger partial charge in [0.2, 0.25) is 0 Å². The third-order valence-electron chi connectivity index (χ3n) is 21.1. The lowest BCUT2D eigenvalue weighted by Gasteiger charge is -2.21. The van der Waals surface area contributed by atoms with Crippen molar-refractivity contribution in [3.05, 3.63) is 0 Å². The van der Waals surface area contributed by atoms with Crippen LogP contribution in [0.25, 0.3) is 0 Å². The van der Waals surface area contributed by atoms with Crippen molar-refractivity contribution in [1.82, 2.24) is 0 Å². The van der Waals surface area contributed by atoms with Gasteiger partial charge in [-0.25, -0.2) is 9.13 Å². The number of phosphoric acid groups is 2. The molecule has 0 aromatic heterocycles. The monoisotopic (exact) mass is 1590 g/mol. The van der Waals surface area contributed by atoms with Gasteiger partial charge in [0.05, 0.1) is 26.4 Å². The molecule has 0 heterocycles. The van der Waals surface area contributed by atoms with Gasteiger partial charge in [0.25, 0.3) is 0 Å². The Balaban J connectivity index is 5.25. The standard InChI is InChI=1S/C90H176O17P2/c1-8-9-10-11-12-13-14-15-16-17-18-19-20-21-22-25-32-37-44-52-59-66-73-89(94)106-85(77-100-87(92)71-64-57-50-43-36-31-26-23-24-29-34-40-47-54-61-68-81(2)3)79-104-108(96,97)102-75-84(91)76-103-109(98,99)105-80-86(78-101-88(93)72-65-58-51-46-39-42-49-56-63-70-83(6)7)107-90(95)74-67-60-53-45-38-33-28-27-30-35-41-48-55-62-69-82(4)5/h81-86,91H,8-80H2,1-7H3,(H,96,97)(H,98,99)/t84-,85-,86-/m1/s1. The van der Waals surface area contributed by atoms with Crippen LogP contribution in [0.3, 0.4) is 0 Å². The van der Waals surface area contributed by atoms with Crippen LogP contribution in [-0.2, 0) is 65.4 Å². The minimum Gasteiger partial charge on any atom is -0.462 e. The van der Waals surface area contributed by atoms with Crippen LogP contribution in [0.1, 0.15) is 479 Å². The molecule has 0 aliphatic rings. The fourth-order valence-electron chi connectivity index (χ4n) is 14.1. The zero-order valence-electron chi connectivity index (χ0n) is 72.0. The summed E-state index contributed by atoms with van der Waals surface area (Å²) in [4.78, 5) is 73.4. The molecule has 0 amide bonds. The molecule has 0 radical (unpaired) electrons. The fraction of sp³-hybridized carbons (Fsp3) is 0.956. The molecule has 0 saturated carbocycles. The maximum atomic E-state index is 13.2. The summed E-state index contributed by atoms with van der Waals surface area (Å²) in [6.07, 6.45) is 72.3. The fourth-order valence-corrected chi connectivity index (χ4v) is 15.7. The molecular weight excluding hydrogens is 1410 g/mol. The molecule has 2 unspecified atom stereocenters. The zero-order valence-corrected chi connectivity index (χ0v) is 73.8. The van der Waals surface area contributed by atoms with Crippen LogP contribution in [0, 0.1) is 17.8 Å². The molecule has 0 spiro atoms.